The molecular weight excluding hydrogens is 764 g/mol. The Kier molecular flexibility index (Phi) is 11.5. The average molecular weight is 799 g/mol. The standard InChI is InChI=1S/C19H17ClN4O3S.C19H18N4O3S/c1-25-15-8-12(9-16(26-2)17(15)27-3)18-21-22-19-24(18)23-14(10-28-19)11-4-6-13(20)7-5-11;1-24-15-9-13(10-16(25-2)17(15)26-3)18-20-21-19-23(18)22-14(11-27-19)12-7-5-4-6-8-12/h4-9H,10H2,1-3H3;4-10H,11H2,1-3H3. The number of methoxy groups -OCH3 is 6. The lowest BCUT2D eigenvalue weighted by molar-refractivity contribution is 0.324. The molecule has 0 amide bonds. The Hall–Kier alpha value is -5.71. The molecule has 4 heterocycles. The van der Waals surface area contributed by atoms with Gasteiger partial charge in [0.05, 0.1) is 54.1 Å². The van der Waals surface area contributed by atoms with Crippen LogP contribution in [-0.2, 0) is 0 Å². The van der Waals surface area contributed by atoms with Crippen molar-refractivity contribution in [2.75, 3.05) is 54.2 Å². The van der Waals surface area contributed by atoms with E-state index in [1.807, 2.05) is 78.9 Å². The summed E-state index contributed by atoms with van der Waals surface area (Å²) in [7, 11) is 9.47. The molecular formula is C38H35ClN8O6S2. The molecule has 14 nitrogen and oxygen atoms in total. The number of benzene rings is 4. The molecule has 0 atom stereocenters. The van der Waals surface area contributed by atoms with Crippen LogP contribution < -0.4 is 28.4 Å². The van der Waals surface area contributed by atoms with Gasteiger partial charge in [0.25, 0.3) is 0 Å². The fourth-order valence-corrected chi connectivity index (χ4v) is 7.59. The molecule has 0 fully saturated rings. The first-order chi connectivity index (χ1) is 26.9. The molecule has 2 aliphatic rings. The summed E-state index contributed by atoms with van der Waals surface area (Å²) in [6.07, 6.45) is 0. The second-order valence-corrected chi connectivity index (χ2v) is 13.9. The molecule has 0 saturated heterocycles. The lowest BCUT2D eigenvalue weighted by Crippen LogP contribution is -2.13. The molecule has 0 spiro atoms. The SMILES string of the molecule is COc1cc(-c2nnc3n2N=C(c2ccc(Cl)cc2)CS3)cc(OC)c1OC.COc1cc(-c2nnc3n2N=C(c2ccccc2)CS3)cc(OC)c1OC. The Morgan fingerprint density at radius 3 is 1.27 bits per heavy atom. The van der Waals surface area contributed by atoms with Crippen molar-refractivity contribution in [1.82, 2.24) is 29.7 Å². The third-order valence-electron chi connectivity index (χ3n) is 8.47. The summed E-state index contributed by atoms with van der Waals surface area (Å²) < 4.78 is 36.1. The number of hydrogen-bond donors (Lipinski definition) is 0. The van der Waals surface area contributed by atoms with Gasteiger partial charge in [-0.25, -0.2) is 0 Å². The zero-order chi connectivity index (χ0) is 38.5. The number of halogens is 1. The van der Waals surface area contributed by atoms with Crippen molar-refractivity contribution < 1.29 is 28.4 Å². The smallest absolute Gasteiger partial charge is 0.212 e. The molecule has 0 unspecified atom stereocenters. The van der Waals surface area contributed by atoms with E-state index in [-0.39, 0.29) is 0 Å². The van der Waals surface area contributed by atoms with Crippen molar-refractivity contribution in [2.45, 2.75) is 10.3 Å². The van der Waals surface area contributed by atoms with E-state index in [9.17, 15) is 0 Å². The van der Waals surface area contributed by atoms with Gasteiger partial charge in [0.2, 0.25) is 21.8 Å². The van der Waals surface area contributed by atoms with E-state index >= 15 is 0 Å². The lowest BCUT2D eigenvalue weighted by atomic mass is 10.1. The predicted octanol–water partition coefficient (Wildman–Crippen LogP) is 7.31. The van der Waals surface area contributed by atoms with E-state index in [1.165, 1.54) is 0 Å². The highest BCUT2D eigenvalue weighted by molar-refractivity contribution is 8.00. The summed E-state index contributed by atoms with van der Waals surface area (Å²) in [6.45, 7) is 0. The summed E-state index contributed by atoms with van der Waals surface area (Å²) in [5.74, 6) is 5.90. The molecule has 2 aromatic heterocycles. The maximum Gasteiger partial charge on any atom is 0.212 e. The van der Waals surface area contributed by atoms with Gasteiger partial charge in [0, 0.05) is 27.7 Å². The highest BCUT2D eigenvalue weighted by Crippen LogP contribution is 2.43. The third kappa shape index (κ3) is 7.65. The van der Waals surface area contributed by atoms with Gasteiger partial charge in [-0.3, -0.25) is 0 Å². The molecule has 0 radical (unpaired) electrons. The van der Waals surface area contributed by atoms with Gasteiger partial charge < -0.3 is 28.4 Å². The summed E-state index contributed by atoms with van der Waals surface area (Å²) in [5, 5.41) is 28.9. The fraction of sp³-hybridized carbons (Fsp3) is 0.211. The minimum Gasteiger partial charge on any atom is -0.493 e. The zero-order valence-corrected chi connectivity index (χ0v) is 33.0. The minimum atomic E-state index is 0.520. The van der Waals surface area contributed by atoms with Crippen molar-refractivity contribution in [3.63, 3.8) is 0 Å². The summed E-state index contributed by atoms with van der Waals surface area (Å²) in [6, 6.07) is 25.1. The maximum absolute atomic E-state index is 6.00. The highest BCUT2D eigenvalue weighted by atomic mass is 35.5. The summed E-state index contributed by atoms with van der Waals surface area (Å²) in [5.41, 5.74) is 5.52. The average Bonchev–Trinajstić information content (AvgIpc) is 3.87. The van der Waals surface area contributed by atoms with E-state index in [2.05, 4.69) is 20.4 Å². The van der Waals surface area contributed by atoms with Gasteiger partial charge in [-0.2, -0.15) is 19.6 Å². The van der Waals surface area contributed by atoms with E-state index in [4.69, 9.17) is 50.2 Å². The van der Waals surface area contributed by atoms with Crippen LogP contribution in [0.3, 0.4) is 0 Å². The molecule has 17 heteroatoms. The predicted molar refractivity (Wildman–Crippen MR) is 213 cm³/mol. The van der Waals surface area contributed by atoms with Crippen LogP contribution in [0.2, 0.25) is 5.02 Å². The molecule has 2 aliphatic heterocycles. The van der Waals surface area contributed by atoms with Gasteiger partial charge in [0.15, 0.2) is 34.6 Å². The molecule has 8 rings (SSSR count). The second kappa shape index (κ2) is 16.8. The molecule has 6 aromatic rings. The van der Waals surface area contributed by atoms with Crippen LogP contribution in [-0.4, -0.2) is 95.3 Å². The Labute approximate surface area is 330 Å². The van der Waals surface area contributed by atoms with E-state index < -0.39 is 0 Å². The third-order valence-corrected chi connectivity index (χ3v) is 10.6. The molecule has 0 aliphatic carbocycles. The van der Waals surface area contributed by atoms with E-state index in [0.717, 1.165) is 49.7 Å². The Bertz CT molecular complexity index is 2330. The van der Waals surface area contributed by atoms with Crippen LogP contribution >= 0.6 is 35.1 Å². The van der Waals surface area contributed by atoms with Crippen molar-refractivity contribution in [3.8, 4) is 57.3 Å². The number of fused-ring (bicyclic) bond motifs is 2. The van der Waals surface area contributed by atoms with Gasteiger partial charge in [0.1, 0.15) is 0 Å². The van der Waals surface area contributed by atoms with Gasteiger partial charge >= 0.3 is 0 Å². The monoisotopic (exact) mass is 798 g/mol. The van der Waals surface area contributed by atoms with Gasteiger partial charge in [-0.1, -0.05) is 77.6 Å². The van der Waals surface area contributed by atoms with Crippen LogP contribution in [0.25, 0.3) is 22.8 Å². The first-order valence-electron chi connectivity index (χ1n) is 16.6. The number of nitrogens with zero attached hydrogens (tertiary/aromatic N) is 8. The number of ether oxygens (including phenoxy) is 6. The van der Waals surface area contributed by atoms with Crippen LogP contribution in [0, 0.1) is 0 Å². The molecule has 55 heavy (non-hydrogen) atoms. The zero-order valence-electron chi connectivity index (χ0n) is 30.6. The van der Waals surface area contributed by atoms with Crippen LogP contribution in [0.5, 0.6) is 34.5 Å². The second-order valence-electron chi connectivity index (χ2n) is 11.6. The maximum atomic E-state index is 6.00. The normalized spacial score (nSPS) is 12.9. The van der Waals surface area contributed by atoms with Crippen LogP contribution in [0.15, 0.2) is 99.4 Å². The quantitative estimate of drug-likeness (QED) is 0.137. The first kappa shape index (κ1) is 37.6. The summed E-state index contributed by atoms with van der Waals surface area (Å²) in [4.78, 5) is 0. The van der Waals surface area contributed by atoms with Crippen molar-refractivity contribution in [3.05, 3.63) is 95.0 Å². The van der Waals surface area contributed by atoms with Crippen molar-refractivity contribution >= 4 is 46.5 Å². The lowest BCUT2D eigenvalue weighted by Gasteiger charge is -2.16. The Morgan fingerprint density at radius 1 is 0.491 bits per heavy atom. The number of thioether (sulfide) groups is 2. The fourth-order valence-electron chi connectivity index (χ4n) is 5.79. The Morgan fingerprint density at radius 2 is 0.891 bits per heavy atom. The van der Waals surface area contributed by atoms with Crippen molar-refractivity contribution in [1.29, 1.82) is 0 Å². The summed E-state index contributed by atoms with van der Waals surface area (Å²) >= 11 is 9.18. The molecule has 0 saturated carbocycles. The largest absolute Gasteiger partial charge is 0.493 e. The minimum absolute atomic E-state index is 0.520. The number of aromatic nitrogens is 6. The molecule has 4 aromatic carbocycles. The van der Waals surface area contributed by atoms with Crippen LogP contribution in [0.4, 0.5) is 0 Å². The molecule has 282 valence electrons. The van der Waals surface area contributed by atoms with E-state index in [0.29, 0.717) is 56.9 Å². The van der Waals surface area contributed by atoms with E-state index in [1.54, 1.807) is 75.5 Å². The Balaban J connectivity index is 0.000000169. The van der Waals surface area contributed by atoms with Crippen molar-refractivity contribution in [2.24, 2.45) is 10.2 Å². The molecule has 0 N–H and O–H groups in total. The highest BCUT2D eigenvalue weighted by Gasteiger charge is 2.25. The van der Waals surface area contributed by atoms with Crippen LogP contribution in [0.1, 0.15) is 11.1 Å². The van der Waals surface area contributed by atoms with Gasteiger partial charge in [-0.15, -0.1) is 20.4 Å². The first-order valence-corrected chi connectivity index (χ1v) is 19.0. The van der Waals surface area contributed by atoms with Gasteiger partial charge in [-0.05, 0) is 47.5 Å². The number of hydrogen-bond acceptors (Lipinski definition) is 14. The molecule has 0 bridgehead atoms. The number of rotatable bonds is 10. The topological polar surface area (TPSA) is 142 Å².